The standard InChI is InChI=1S/C12H16N2O/c1-2-12(15)14-11-4-3-9-5-6-13-8-10(9)7-11/h3-4,7,13H,2,5-6,8H2,1H3,(H,14,15). The quantitative estimate of drug-likeness (QED) is 0.769. The van der Waals surface area contributed by atoms with Crippen LogP contribution in [-0.4, -0.2) is 12.5 Å². The molecule has 3 nitrogen and oxygen atoms in total. The lowest BCUT2D eigenvalue weighted by molar-refractivity contribution is -0.115. The predicted molar refractivity (Wildman–Crippen MR) is 60.8 cm³/mol. The van der Waals surface area contributed by atoms with E-state index in [0.29, 0.717) is 6.42 Å². The summed E-state index contributed by atoms with van der Waals surface area (Å²) in [5.74, 6) is 0.0683. The van der Waals surface area contributed by atoms with E-state index in [-0.39, 0.29) is 5.91 Å². The van der Waals surface area contributed by atoms with Gasteiger partial charge in [0.25, 0.3) is 0 Å². The van der Waals surface area contributed by atoms with E-state index >= 15 is 0 Å². The normalized spacial score (nSPS) is 14.5. The average molecular weight is 204 g/mol. The minimum atomic E-state index is 0.0683. The SMILES string of the molecule is CCC(=O)Nc1ccc2c(c1)CNCC2. The van der Waals surface area contributed by atoms with Crippen molar-refractivity contribution in [3.8, 4) is 0 Å². The highest BCUT2D eigenvalue weighted by molar-refractivity contribution is 5.90. The van der Waals surface area contributed by atoms with Crippen molar-refractivity contribution in [1.82, 2.24) is 5.32 Å². The summed E-state index contributed by atoms with van der Waals surface area (Å²) >= 11 is 0. The zero-order chi connectivity index (χ0) is 10.7. The predicted octanol–water partition coefficient (Wildman–Crippen LogP) is 1.68. The minimum Gasteiger partial charge on any atom is -0.326 e. The van der Waals surface area contributed by atoms with E-state index in [4.69, 9.17) is 0 Å². The molecule has 3 heteroatoms. The van der Waals surface area contributed by atoms with E-state index in [0.717, 1.165) is 25.2 Å². The maximum absolute atomic E-state index is 11.2. The molecule has 80 valence electrons. The molecule has 15 heavy (non-hydrogen) atoms. The minimum absolute atomic E-state index is 0.0683. The van der Waals surface area contributed by atoms with E-state index in [1.807, 2.05) is 13.0 Å². The van der Waals surface area contributed by atoms with Gasteiger partial charge in [0.15, 0.2) is 0 Å². The Hall–Kier alpha value is -1.35. The van der Waals surface area contributed by atoms with Crippen LogP contribution in [0.1, 0.15) is 24.5 Å². The number of nitrogens with one attached hydrogen (secondary N) is 2. The molecule has 0 aliphatic carbocycles. The Morgan fingerprint density at radius 1 is 1.47 bits per heavy atom. The van der Waals surface area contributed by atoms with Gasteiger partial charge in [0, 0.05) is 18.7 Å². The molecule has 0 unspecified atom stereocenters. The molecule has 1 aromatic carbocycles. The van der Waals surface area contributed by atoms with E-state index in [1.54, 1.807) is 0 Å². The molecule has 2 rings (SSSR count). The molecule has 1 heterocycles. The number of amides is 1. The molecule has 0 saturated carbocycles. The van der Waals surface area contributed by atoms with Crippen LogP contribution < -0.4 is 10.6 Å². The van der Waals surface area contributed by atoms with E-state index in [9.17, 15) is 4.79 Å². The molecule has 0 bridgehead atoms. The van der Waals surface area contributed by atoms with Gasteiger partial charge in [0.1, 0.15) is 0 Å². The van der Waals surface area contributed by atoms with Gasteiger partial charge in [-0.1, -0.05) is 13.0 Å². The summed E-state index contributed by atoms with van der Waals surface area (Å²) in [6.07, 6.45) is 1.60. The lowest BCUT2D eigenvalue weighted by Crippen LogP contribution is -2.23. The van der Waals surface area contributed by atoms with E-state index in [1.165, 1.54) is 11.1 Å². The Bertz CT molecular complexity index is 374. The number of fused-ring (bicyclic) bond motifs is 1. The fourth-order valence-corrected chi connectivity index (χ4v) is 1.81. The van der Waals surface area contributed by atoms with E-state index in [2.05, 4.69) is 22.8 Å². The second kappa shape index (κ2) is 4.45. The monoisotopic (exact) mass is 204 g/mol. The van der Waals surface area contributed by atoms with Crippen molar-refractivity contribution in [1.29, 1.82) is 0 Å². The summed E-state index contributed by atoms with van der Waals surface area (Å²) in [4.78, 5) is 11.2. The highest BCUT2D eigenvalue weighted by Gasteiger charge is 2.09. The van der Waals surface area contributed by atoms with Gasteiger partial charge in [-0.2, -0.15) is 0 Å². The fourth-order valence-electron chi connectivity index (χ4n) is 1.81. The van der Waals surface area contributed by atoms with Crippen molar-refractivity contribution in [3.05, 3.63) is 29.3 Å². The fraction of sp³-hybridized carbons (Fsp3) is 0.417. The maximum Gasteiger partial charge on any atom is 0.224 e. The Morgan fingerprint density at radius 3 is 3.13 bits per heavy atom. The highest BCUT2D eigenvalue weighted by atomic mass is 16.1. The molecule has 1 aliphatic heterocycles. The molecule has 0 spiro atoms. The van der Waals surface area contributed by atoms with Crippen LogP contribution in [0, 0.1) is 0 Å². The molecule has 1 aliphatic rings. The first-order valence-corrected chi connectivity index (χ1v) is 5.42. The van der Waals surface area contributed by atoms with Crippen molar-refractivity contribution in [2.45, 2.75) is 26.3 Å². The second-order valence-electron chi connectivity index (χ2n) is 3.81. The van der Waals surface area contributed by atoms with Gasteiger partial charge in [-0.15, -0.1) is 0 Å². The zero-order valence-electron chi connectivity index (χ0n) is 8.97. The Morgan fingerprint density at radius 2 is 2.33 bits per heavy atom. The van der Waals surface area contributed by atoms with Crippen molar-refractivity contribution in [2.24, 2.45) is 0 Å². The van der Waals surface area contributed by atoms with Crippen LogP contribution in [0.3, 0.4) is 0 Å². The van der Waals surface area contributed by atoms with Crippen LogP contribution in [0.2, 0.25) is 0 Å². The molecule has 0 radical (unpaired) electrons. The van der Waals surface area contributed by atoms with Gasteiger partial charge in [-0.05, 0) is 36.2 Å². The van der Waals surface area contributed by atoms with Crippen LogP contribution in [-0.2, 0) is 17.8 Å². The zero-order valence-corrected chi connectivity index (χ0v) is 8.97. The third-order valence-corrected chi connectivity index (χ3v) is 2.70. The largest absolute Gasteiger partial charge is 0.326 e. The third kappa shape index (κ3) is 2.36. The van der Waals surface area contributed by atoms with Crippen molar-refractivity contribution in [2.75, 3.05) is 11.9 Å². The molecule has 0 aromatic heterocycles. The maximum atomic E-state index is 11.2. The van der Waals surface area contributed by atoms with Gasteiger partial charge < -0.3 is 10.6 Å². The van der Waals surface area contributed by atoms with Gasteiger partial charge in [0.2, 0.25) is 5.91 Å². The summed E-state index contributed by atoms with van der Waals surface area (Å²) in [7, 11) is 0. The number of hydrogen-bond donors (Lipinski definition) is 2. The van der Waals surface area contributed by atoms with Gasteiger partial charge >= 0.3 is 0 Å². The van der Waals surface area contributed by atoms with Crippen LogP contribution in [0.5, 0.6) is 0 Å². The topological polar surface area (TPSA) is 41.1 Å². The summed E-state index contributed by atoms with van der Waals surface area (Å²) in [5.41, 5.74) is 3.60. The molecule has 0 fully saturated rings. The smallest absolute Gasteiger partial charge is 0.224 e. The molecule has 0 saturated heterocycles. The van der Waals surface area contributed by atoms with Gasteiger partial charge in [-0.3, -0.25) is 4.79 Å². The Balaban J connectivity index is 2.17. The van der Waals surface area contributed by atoms with Gasteiger partial charge in [-0.25, -0.2) is 0 Å². The summed E-state index contributed by atoms with van der Waals surface area (Å²) in [5, 5.41) is 6.20. The van der Waals surface area contributed by atoms with Crippen molar-refractivity contribution in [3.63, 3.8) is 0 Å². The number of anilines is 1. The number of carbonyl (C=O) groups is 1. The Labute approximate surface area is 89.9 Å². The lowest BCUT2D eigenvalue weighted by atomic mass is 10.0. The third-order valence-electron chi connectivity index (χ3n) is 2.70. The van der Waals surface area contributed by atoms with Crippen LogP contribution in [0.4, 0.5) is 5.69 Å². The first kappa shape index (κ1) is 10.2. The molecule has 2 N–H and O–H groups in total. The first-order valence-electron chi connectivity index (χ1n) is 5.42. The lowest BCUT2D eigenvalue weighted by Gasteiger charge is -2.17. The van der Waals surface area contributed by atoms with E-state index < -0.39 is 0 Å². The van der Waals surface area contributed by atoms with Crippen LogP contribution in [0.25, 0.3) is 0 Å². The number of benzene rings is 1. The second-order valence-corrected chi connectivity index (χ2v) is 3.81. The van der Waals surface area contributed by atoms with Crippen LogP contribution >= 0.6 is 0 Å². The molecular formula is C12H16N2O. The van der Waals surface area contributed by atoms with Crippen LogP contribution in [0.15, 0.2) is 18.2 Å². The molecule has 1 amide bonds. The Kier molecular flexibility index (Phi) is 3.02. The summed E-state index contributed by atoms with van der Waals surface area (Å²) < 4.78 is 0. The number of hydrogen-bond acceptors (Lipinski definition) is 2. The van der Waals surface area contributed by atoms with Crippen molar-refractivity contribution < 1.29 is 4.79 Å². The number of rotatable bonds is 2. The molecular weight excluding hydrogens is 188 g/mol. The highest BCUT2D eigenvalue weighted by Crippen LogP contribution is 2.18. The summed E-state index contributed by atoms with van der Waals surface area (Å²) in [6.45, 7) is 3.81. The first-order chi connectivity index (χ1) is 7.29. The van der Waals surface area contributed by atoms with Gasteiger partial charge in [0.05, 0.1) is 0 Å². The average Bonchev–Trinajstić information content (AvgIpc) is 2.29. The molecule has 1 aromatic rings. The summed E-state index contributed by atoms with van der Waals surface area (Å²) in [6, 6.07) is 6.16. The molecule has 0 atom stereocenters. The number of carbonyl (C=O) groups excluding carboxylic acids is 1. The van der Waals surface area contributed by atoms with Crippen molar-refractivity contribution >= 4 is 11.6 Å².